The van der Waals surface area contributed by atoms with E-state index in [4.69, 9.17) is 10.2 Å². The van der Waals surface area contributed by atoms with Crippen LogP contribution in [0.15, 0.2) is 29.2 Å². The molecule has 1 rings (SSSR count). The van der Waals surface area contributed by atoms with Gasteiger partial charge in [-0.15, -0.1) is 0 Å². The zero-order chi connectivity index (χ0) is 8.48. The molecule has 11 heavy (non-hydrogen) atoms. The van der Waals surface area contributed by atoms with E-state index in [1.165, 1.54) is 24.3 Å². The van der Waals surface area contributed by atoms with E-state index in [2.05, 4.69) is 0 Å². The van der Waals surface area contributed by atoms with Crippen LogP contribution >= 0.6 is 0 Å². The van der Waals surface area contributed by atoms with Crippen molar-refractivity contribution in [3.63, 3.8) is 0 Å². The molecule has 4 nitrogen and oxygen atoms in total. The van der Waals surface area contributed by atoms with Crippen molar-refractivity contribution in [3.8, 4) is 5.75 Å². The molecule has 0 aromatic heterocycles. The molecule has 0 unspecified atom stereocenters. The van der Waals surface area contributed by atoms with Crippen LogP contribution in [0.5, 0.6) is 5.75 Å². The van der Waals surface area contributed by atoms with E-state index in [9.17, 15) is 8.42 Å². The summed E-state index contributed by atoms with van der Waals surface area (Å²) >= 11 is 0. The highest BCUT2D eigenvalue weighted by Crippen LogP contribution is 2.14. The minimum Gasteiger partial charge on any atom is -0.560 e. The number of aromatic hydroxyl groups is 1. The molecule has 5 heteroatoms. The SMILES string of the molecule is [NH-]S(=O)(=O)c1ccc(O)cc1. The highest BCUT2D eigenvalue weighted by molar-refractivity contribution is 7.93. The van der Waals surface area contributed by atoms with E-state index in [1.54, 1.807) is 0 Å². The van der Waals surface area contributed by atoms with Gasteiger partial charge in [0.15, 0.2) is 0 Å². The maximum Gasteiger partial charge on any atom is 0.115 e. The van der Waals surface area contributed by atoms with Gasteiger partial charge in [0, 0.05) is 4.90 Å². The summed E-state index contributed by atoms with van der Waals surface area (Å²) in [7, 11) is -3.88. The van der Waals surface area contributed by atoms with Crippen LogP contribution in [0.4, 0.5) is 0 Å². The van der Waals surface area contributed by atoms with Crippen LogP contribution in [0.3, 0.4) is 0 Å². The fourth-order valence-corrected chi connectivity index (χ4v) is 1.12. The van der Waals surface area contributed by atoms with Crippen molar-refractivity contribution < 1.29 is 13.5 Å². The Morgan fingerprint density at radius 2 is 1.64 bits per heavy atom. The quantitative estimate of drug-likeness (QED) is 0.689. The number of benzene rings is 1. The Morgan fingerprint density at radius 3 is 2.00 bits per heavy atom. The monoisotopic (exact) mass is 172 g/mol. The largest absolute Gasteiger partial charge is 0.560 e. The van der Waals surface area contributed by atoms with E-state index < -0.39 is 10.0 Å². The lowest BCUT2D eigenvalue weighted by atomic mass is 10.3. The molecule has 0 bridgehead atoms. The molecule has 0 fully saturated rings. The number of hydrogen-bond acceptors (Lipinski definition) is 3. The first-order valence-corrected chi connectivity index (χ1v) is 4.27. The Kier molecular flexibility index (Phi) is 1.84. The van der Waals surface area contributed by atoms with Crippen LogP contribution < -0.4 is 0 Å². The summed E-state index contributed by atoms with van der Waals surface area (Å²) in [5, 5.41) is 15.4. The standard InChI is InChI=1S/C6H6NO3S/c7-11(9,10)6-3-1-5(8)2-4-6/h1-4H,(H2-,7,8,9,10)/q-1. The van der Waals surface area contributed by atoms with Gasteiger partial charge < -0.3 is 10.2 Å². The number of rotatable bonds is 1. The molecule has 2 N–H and O–H groups in total. The van der Waals surface area contributed by atoms with Crippen molar-refractivity contribution in [1.29, 1.82) is 0 Å². The summed E-state index contributed by atoms with van der Waals surface area (Å²) in [6.07, 6.45) is 0. The van der Waals surface area contributed by atoms with E-state index in [0.717, 1.165) is 0 Å². The lowest BCUT2D eigenvalue weighted by molar-refractivity contribution is 0.475. The normalized spacial score (nSPS) is 11.4. The third kappa shape index (κ3) is 1.92. The first-order chi connectivity index (χ1) is 5.00. The van der Waals surface area contributed by atoms with E-state index >= 15 is 0 Å². The second-order valence-corrected chi connectivity index (χ2v) is 3.48. The van der Waals surface area contributed by atoms with Gasteiger partial charge in [0.05, 0.1) is 10.0 Å². The van der Waals surface area contributed by atoms with E-state index in [0.29, 0.717) is 0 Å². The second-order valence-electron chi connectivity index (χ2n) is 2.00. The van der Waals surface area contributed by atoms with Gasteiger partial charge in [-0.2, -0.15) is 0 Å². The number of sulfonamides is 1. The smallest absolute Gasteiger partial charge is 0.115 e. The number of phenols is 1. The number of nitrogens with one attached hydrogen (secondary N) is 1. The summed E-state index contributed by atoms with van der Waals surface area (Å²) < 4.78 is 21.1. The number of phenolic OH excluding ortho intramolecular Hbond substituents is 1. The fourth-order valence-electron chi connectivity index (χ4n) is 0.625. The van der Waals surface area contributed by atoms with Crippen molar-refractivity contribution in [2.75, 3.05) is 0 Å². The summed E-state index contributed by atoms with van der Waals surface area (Å²) in [5.41, 5.74) is 0. The minimum absolute atomic E-state index is 0.0163. The molecule has 0 radical (unpaired) electrons. The van der Waals surface area contributed by atoms with Gasteiger partial charge in [-0.25, -0.2) is 8.42 Å². The van der Waals surface area contributed by atoms with E-state index in [1.807, 2.05) is 0 Å². The van der Waals surface area contributed by atoms with Gasteiger partial charge in [0.2, 0.25) is 0 Å². The van der Waals surface area contributed by atoms with E-state index in [-0.39, 0.29) is 10.6 Å². The molecule has 0 aliphatic rings. The maximum atomic E-state index is 10.5. The molecule has 0 heterocycles. The molecule has 0 saturated heterocycles. The summed E-state index contributed by atoms with van der Waals surface area (Å²) in [4.78, 5) is -0.115. The van der Waals surface area contributed by atoms with Crippen molar-refractivity contribution in [1.82, 2.24) is 0 Å². The molecule has 0 saturated carbocycles. The highest BCUT2D eigenvalue weighted by Gasteiger charge is 1.98. The first-order valence-electron chi connectivity index (χ1n) is 2.79. The van der Waals surface area contributed by atoms with Gasteiger partial charge in [0.1, 0.15) is 5.75 Å². The first kappa shape index (κ1) is 8.03. The number of hydrogen-bond donors (Lipinski definition) is 1. The molecule has 0 aliphatic heterocycles. The van der Waals surface area contributed by atoms with Gasteiger partial charge in [-0.05, 0) is 24.3 Å². The van der Waals surface area contributed by atoms with Crippen molar-refractivity contribution in [3.05, 3.63) is 29.4 Å². The average molecular weight is 172 g/mol. The third-order valence-corrected chi connectivity index (χ3v) is 2.04. The Balaban J connectivity index is 3.20. The van der Waals surface area contributed by atoms with Crippen LogP contribution in [0, 0.1) is 0 Å². The van der Waals surface area contributed by atoms with Crippen molar-refractivity contribution in [2.45, 2.75) is 4.90 Å². The molecule has 1 aromatic rings. The van der Waals surface area contributed by atoms with Gasteiger partial charge >= 0.3 is 0 Å². The molecule has 1 aromatic carbocycles. The molecular weight excluding hydrogens is 166 g/mol. The molecule has 60 valence electrons. The summed E-state index contributed by atoms with van der Waals surface area (Å²) in [6, 6.07) is 4.80. The van der Waals surface area contributed by atoms with Gasteiger partial charge in [-0.3, -0.25) is 0 Å². The Bertz CT molecular complexity index is 341. The maximum absolute atomic E-state index is 10.5. The topological polar surface area (TPSA) is 78.2 Å². The average Bonchev–Trinajstić information content (AvgIpc) is 1.86. The molecule has 0 spiro atoms. The molecule has 0 atom stereocenters. The minimum atomic E-state index is -3.88. The fraction of sp³-hybridized carbons (Fsp3) is 0. The van der Waals surface area contributed by atoms with Gasteiger partial charge in [-0.1, -0.05) is 0 Å². The molecular formula is C6H6NO3S-. The summed E-state index contributed by atoms with van der Waals surface area (Å²) in [5.74, 6) is -0.0163. The molecule has 0 amide bonds. The van der Waals surface area contributed by atoms with Crippen molar-refractivity contribution in [2.24, 2.45) is 0 Å². The van der Waals surface area contributed by atoms with Crippen LogP contribution in [-0.4, -0.2) is 13.5 Å². The predicted molar refractivity (Wildman–Crippen MR) is 39.6 cm³/mol. The lowest BCUT2D eigenvalue weighted by Gasteiger charge is -2.03. The highest BCUT2D eigenvalue weighted by atomic mass is 32.2. The zero-order valence-corrected chi connectivity index (χ0v) is 6.30. The zero-order valence-electron chi connectivity index (χ0n) is 5.48. The Labute approximate surface area is 64.3 Å². The van der Waals surface area contributed by atoms with Gasteiger partial charge in [0.25, 0.3) is 0 Å². The third-order valence-electron chi connectivity index (χ3n) is 1.15. The predicted octanol–water partition coefficient (Wildman–Crippen LogP) is 1.13. The van der Waals surface area contributed by atoms with Crippen molar-refractivity contribution >= 4 is 10.0 Å². The molecule has 0 aliphatic carbocycles. The second kappa shape index (κ2) is 2.52. The van der Waals surface area contributed by atoms with Crippen LogP contribution in [0.1, 0.15) is 0 Å². The summed E-state index contributed by atoms with van der Waals surface area (Å²) in [6.45, 7) is 0. The lowest BCUT2D eigenvalue weighted by Crippen LogP contribution is -1.90. The Morgan fingerprint density at radius 1 is 1.18 bits per heavy atom. The van der Waals surface area contributed by atoms with Crippen LogP contribution in [0.25, 0.3) is 5.14 Å². The Hall–Kier alpha value is -1.07. The van der Waals surface area contributed by atoms with Crippen LogP contribution in [0.2, 0.25) is 0 Å². The van der Waals surface area contributed by atoms with Crippen LogP contribution in [-0.2, 0) is 10.0 Å².